The zero-order valence-corrected chi connectivity index (χ0v) is 9.49. The van der Waals surface area contributed by atoms with E-state index in [0.717, 1.165) is 6.07 Å². The van der Waals surface area contributed by atoms with Crippen molar-refractivity contribution in [1.82, 2.24) is 5.32 Å². The number of ether oxygens (including phenoxy) is 1. The van der Waals surface area contributed by atoms with Gasteiger partial charge in [-0.05, 0) is 18.2 Å². The van der Waals surface area contributed by atoms with Crippen molar-refractivity contribution in [3.8, 4) is 5.75 Å². The molecule has 1 aromatic rings. The highest BCUT2D eigenvalue weighted by Gasteiger charge is 2.18. The first-order valence-corrected chi connectivity index (χ1v) is 5.03. The minimum atomic E-state index is -2.95. The maximum absolute atomic E-state index is 13.3. The van der Waals surface area contributed by atoms with E-state index in [4.69, 9.17) is 5.11 Å². The highest BCUT2D eigenvalue weighted by Crippen LogP contribution is 2.17. The molecule has 0 aliphatic carbocycles. The van der Waals surface area contributed by atoms with Gasteiger partial charge in [-0.2, -0.15) is 0 Å². The second-order valence-corrected chi connectivity index (χ2v) is 3.46. The van der Waals surface area contributed by atoms with Crippen molar-refractivity contribution in [2.45, 2.75) is 12.5 Å². The monoisotopic (exact) mass is 263 g/mol. The molecular formula is C11H12F3NO3. The van der Waals surface area contributed by atoms with Crippen LogP contribution in [0.1, 0.15) is 10.4 Å². The van der Waals surface area contributed by atoms with Crippen molar-refractivity contribution in [1.29, 1.82) is 0 Å². The fourth-order valence-electron chi connectivity index (χ4n) is 1.20. The molecule has 0 fully saturated rings. The zero-order chi connectivity index (χ0) is 13.7. The Balaban J connectivity index is 2.65. The van der Waals surface area contributed by atoms with Crippen LogP contribution in [0.2, 0.25) is 0 Å². The van der Waals surface area contributed by atoms with E-state index in [1.807, 2.05) is 0 Å². The molecule has 1 rings (SSSR count). The van der Waals surface area contributed by atoms with Crippen molar-refractivity contribution in [2.75, 3.05) is 13.7 Å². The smallest absolute Gasteiger partial charge is 0.265 e. The van der Waals surface area contributed by atoms with Crippen molar-refractivity contribution in [3.63, 3.8) is 0 Å². The van der Waals surface area contributed by atoms with Crippen LogP contribution in [0.3, 0.4) is 0 Å². The number of carbonyl (C=O) groups excluding carboxylic acids is 1. The number of aliphatic hydroxyl groups excluding tert-OH is 1. The summed E-state index contributed by atoms with van der Waals surface area (Å²) in [6.45, 7) is -0.607. The number of hydrogen-bond acceptors (Lipinski definition) is 3. The van der Waals surface area contributed by atoms with Gasteiger partial charge in [-0.1, -0.05) is 0 Å². The standard InChI is InChI=1S/C11H12F3NO3/c1-18-9-3-2-6(4-7(9)12)11(17)15-5-8(16)10(13)14/h2-4,8,10,16H,5H2,1H3,(H,15,17). The Morgan fingerprint density at radius 1 is 1.50 bits per heavy atom. The molecule has 0 aliphatic rings. The largest absolute Gasteiger partial charge is 0.494 e. The summed E-state index contributed by atoms with van der Waals surface area (Å²) < 4.78 is 41.9. The van der Waals surface area contributed by atoms with Gasteiger partial charge in [0.2, 0.25) is 0 Å². The third-order valence-electron chi connectivity index (χ3n) is 2.18. The van der Waals surface area contributed by atoms with Crippen LogP contribution in [0.5, 0.6) is 5.75 Å². The molecule has 100 valence electrons. The summed E-state index contributed by atoms with van der Waals surface area (Å²) in [6.07, 6.45) is -4.89. The van der Waals surface area contributed by atoms with Crippen molar-refractivity contribution in [3.05, 3.63) is 29.6 Å². The molecule has 1 amide bonds. The fraction of sp³-hybridized carbons (Fsp3) is 0.364. The summed E-state index contributed by atoms with van der Waals surface area (Å²) in [7, 11) is 1.27. The quantitative estimate of drug-likeness (QED) is 0.839. The van der Waals surface area contributed by atoms with Crippen molar-refractivity contribution >= 4 is 5.91 Å². The van der Waals surface area contributed by atoms with E-state index >= 15 is 0 Å². The molecule has 0 bridgehead atoms. The Bertz CT molecular complexity index is 426. The summed E-state index contributed by atoms with van der Waals surface area (Å²) in [4.78, 5) is 11.4. The van der Waals surface area contributed by atoms with E-state index in [-0.39, 0.29) is 11.3 Å². The Labute approximate surface area is 101 Å². The Hall–Kier alpha value is -1.76. The predicted octanol–water partition coefficient (Wildman–Crippen LogP) is 1.19. The third kappa shape index (κ3) is 3.63. The van der Waals surface area contributed by atoms with Gasteiger partial charge < -0.3 is 15.2 Å². The van der Waals surface area contributed by atoms with E-state index in [9.17, 15) is 18.0 Å². The summed E-state index contributed by atoms with van der Waals surface area (Å²) in [5.41, 5.74) is -0.0465. The molecule has 0 aromatic heterocycles. The van der Waals surface area contributed by atoms with E-state index in [1.54, 1.807) is 0 Å². The normalized spacial score (nSPS) is 12.3. The number of rotatable bonds is 5. The number of halogens is 3. The van der Waals surface area contributed by atoms with Gasteiger partial charge >= 0.3 is 0 Å². The summed E-state index contributed by atoms with van der Waals surface area (Å²) in [5, 5.41) is 10.9. The van der Waals surface area contributed by atoms with Crippen LogP contribution in [0, 0.1) is 5.82 Å². The molecule has 1 aromatic carbocycles. The van der Waals surface area contributed by atoms with E-state index in [1.165, 1.54) is 19.2 Å². The van der Waals surface area contributed by atoms with Crippen LogP contribution in [0.15, 0.2) is 18.2 Å². The number of methoxy groups -OCH3 is 1. The third-order valence-corrected chi connectivity index (χ3v) is 2.18. The number of amides is 1. The highest BCUT2D eigenvalue weighted by atomic mass is 19.3. The molecule has 0 spiro atoms. The van der Waals surface area contributed by atoms with Gasteiger partial charge in [0, 0.05) is 12.1 Å². The van der Waals surface area contributed by atoms with E-state index in [0.29, 0.717) is 0 Å². The first kappa shape index (κ1) is 14.3. The molecule has 1 atom stereocenters. The van der Waals surface area contributed by atoms with Gasteiger partial charge in [0.25, 0.3) is 12.3 Å². The zero-order valence-electron chi connectivity index (χ0n) is 9.49. The predicted molar refractivity (Wildman–Crippen MR) is 57.3 cm³/mol. The van der Waals surface area contributed by atoms with Crippen LogP contribution in [-0.2, 0) is 0 Å². The lowest BCUT2D eigenvalue weighted by atomic mass is 10.2. The maximum Gasteiger partial charge on any atom is 0.265 e. The van der Waals surface area contributed by atoms with Crippen LogP contribution >= 0.6 is 0 Å². The Morgan fingerprint density at radius 3 is 2.67 bits per heavy atom. The second kappa shape index (κ2) is 6.25. The number of benzene rings is 1. The lowest BCUT2D eigenvalue weighted by molar-refractivity contribution is -0.00270. The average molecular weight is 263 g/mol. The van der Waals surface area contributed by atoms with Gasteiger partial charge in [-0.25, -0.2) is 13.2 Å². The lowest BCUT2D eigenvalue weighted by Crippen LogP contribution is -2.35. The first-order chi connectivity index (χ1) is 8.45. The minimum Gasteiger partial charge on any atom is -0.494 e. The van der Waals surface area contributed by atoms with Crippen LogP contribution in [0.4, 0.5) is 13.2 Å². The van der Waals surface area contributed by atoms with Gasteiger partial charge in [0.1, 0.15) is 6.10 Å². The number of nitrogens with one attached hydrogen (secondary N) is 1. The maximum atomic E-state index is 13.3. The molecule has 0 aliphatic heterocycles. The van der Waals surface area contributed by atoms with Gasteiger partial charge in [-0.3, -0.25) is 4.79 Å². The molecular weight excluding hydrogens is 251 g/mol. The molecule has 7 heteroatoms. The highest BCUT2D eigenvalue weighted by molar-refractivity contribution is 5.94. The molecule has 0 heterocycles. The number of alkyl halides is 2. The van der Waals surface area contributed by atoms with E-state index in [2.05, 4.69) is 10.1 Å². The summed E-state index contributed by atoms with van der Waals surface area (Å²) in [5.74, 6) is -1.52. The minimum absolute atomic E-state index is 0.0286. The molecule has 0 radical (unpaired) electrons. The van der Waals surface area contributed by atoms with E-state index < -0.39 is 30.8 Å². The average Bonchev–Trinajstić information content (AvgIpc) is 2.35. The number of hydrogen-bond donors (Lipinski definition) is 2. The second-order valence-electron chi connectivity index (χ2n) is 3.46. The van der Waals surface area contributed by atoms with Crippen molar-refractivity contribution < 1.29 is 27.8 Å². The van der Waals surface area contributed by atoms with Crippen molar-refractivity contribution in [2.24, 2.45) is 0 Å². The van der Waals surface area contributed by atoms with Gasteiger partial charge in [-0.15, -0.1) is 0 Å². The number of carbonyl (C=O) groups is 1. The summed E-state index contributed by atoms with van der Waals surface area (Å²) in [6, 6.07) is 3.45. The Morgan fingerprint density at radius 2 is 2.17 bits per heavy atom. The van der Waals surface area contributed by atoms with Crippen LogP contribution in [0.25, 0.3) is 0 Å². The fourth-order valence-corrected chi connectivity index (χ4v) is 1.20. The topological polar surface area (TPSA) is 58.6 Å². The summed E-state index contributed by atoms with van der Waals surface area (Å²) >= 11 is 0. The molecule has 2 N–H and O–H groups in total. The van der Waals surface area contributed by atoms with Crippen LogP contribution < -0.4 is 10.1 Å². The first-order valence-electron chi connectivity index (χ1n) is 5.03. The molecule has 0 saturated carbocycles. The van der Waals surface area contributed by atoms with Gasteiger partial charge in [0.05, 0.1) is 7.11 Å². The SMILES string of the molecule is COc1ccc(C(=O)NCC(O)C(F)F)cc1F. The van der Waals surface area contributed by atoms with Crippen LogP contribution in [-0.4, -0.2) is 37.2 Å². The lowest BCUT2D eigenvalue weighted by Gasteiger charge is -2.11. The molecule has 0 saturated heterocycles. The number of aliphatic hydroxyl groups is 1. The Kier molecular flexibility index (Phi) is 4.96. The molecule has 4 nitrogen and oxygen atoms in total. The van der Waals surface area contributed by atoms with Gasteiger partial charge in [0.15, 0.2) is 11.6 Å². The molecule has 18 heavy (non-hydrogen) atoms. The molecule has 1 unspecified atom stereocenters.